The Kier molecular flexibility index (Phi) is 4.87. The molecular formula is C11H16N2O5S. The minimum atomic E-state index is -3.97. The van der Waals surface area contributed by atoms with Crippen LogP contribution in [0.4, 0.5) is 5.69 Å². The summed E-state index contributed by atoms with van der Waals surface area (Å²) in [6.45, 7) is 1.30. The summed E-state index contributed by atoms with van der Waals surface area (Å²) in [6.07, 6.45) is 0. The van der Waals surface area contributed by atoms with E-state index in [9.17, 15) is 13.2 Å². The number of nitrogens with two attached hydrogens (primary N) is 1. The van der Waals surface area contributed by atoms with Crippen molar-refractivity contribution in [3.63, 3.8) is 0 Å². The van der Waals surface area contributed by atoms with Gasteiger partial charge in [-0.2, -0.15) is 4.31 Å². The van der Waals surface area contributed by atoms with Crippen molar-refractivity contribution in [2.75, 3.05) is 25.4 Å². The molecule has 0 saturated heterocycles. The molecule has 1 aromatic rings. The van der Waals surface area contributed by atoms with Crippen LogP contribution in [-0.2, 0) is 10.0 Å². The van der Waals surface area contributed by atoms with Gasteiger partial charge in [0.25, 0.3) is 0 Å². The molecule has 19 heavy (non-hydrogen) atoms. The number of carbonyl (C=O) groups is 1. The van der Waals surface area contributed by atoms with Gasteiger partial charge in [-0.3, -0.25) is 0 Å². The van der Waals surface area contributed by atoms with Crippen molar-refractivity contribution >= 4 is 21.7 Å². The number of benzene rings is 1. The number of carboxylic acids is 1. The number of hydrogen-bond donors (Lipinski definition) is 3. The molecule has 7 nitrogen and oxygen atoms in total. The second-order valence-corrected chi connectivity index (χ2v) is 5.69. The lowest BCUT2D eigenvalue weighted by atomic mass is 10.2. The maximum absolute atomic E-state index is 12.3. The van der Waals surface area contributed by atoms with E-state index in [-0.39, 0.29) is 35.8 Å². The highest BCUT2D eigenvalue weighted by molar-refractivity contribution is 7.89. The van der Waals surface area contributed by atoms with Gasteiger partial charge in [0.2, 0.25) is 10.0 Å². The fourth-order valence-electron chi connectivity index (χ4n) is 1.64. The van der Waals surface area contributed by atoms with E-state index in [1.165, 1.54) is 6.07 Å². The van der Waals surface area contributed by atoms with Crippen molar-refractivity contribution in [1.29, 1.82) is 0 Å². The third-order valence-electron chi connectivity index (χ3n) is 2.55. The molecule has 0 aliphatic rings. The van der Waals surface area contributed by atoms with Gasteiger partial charge in [-0.05, 0) is 18.2 Å². The van der Waals surface area contributed by atoms with Gasteiger partial charge in [-0.15, -0.1) is 0 Å². The molecular weight excluding hydrogens is 272 g/mol. The molecule has 0 heterocycles. The van der Waals surface area contributed by atoms with E-state index in [1.807, 2.05) is 0 Å². The van der Waals surface area contributed by atoms with Crippen LogP contribution in [0.5, 0.6) is 0 Å². The molecule has 8 heteroatoms. The molecule has 0 radical (unpaired) electrons. The quantitative estimate of drug-likeness (QED) is 0.632. The van der Waals surface area contributed by atoms with E-state index in [4.69, 9.17) is 15.9 Å². The highest BCUT2D eigenvalue weighted by Gasteiger charge is 2.27. The summed E-state index contributed by atoms with van der Waals surface area (Å²) in [5.74, 6) is -1.37. The van der Waals surface area contributed by atoms with E-state index in [2.05, 4.69) is 0 Å². The van der Waals surface area contributed by atoms with Crippen molar-refractivity contribution in [3.05, 3.63) is 23.8 Å². The van der Waals surface area contributed by atoms with Crippen LogP contribution in [0.15, 0.2) is 23.1 Å². The molecule has 106 valence electrons. The van der Waals surface area contributed by atoms with Gasteiger partial charge >= 0.3 is 5.97 Å². The standard InChI is InChI=1S/C11H16N2O5S/c1-2-13(5-6-14)19(17,18)10-4-3-8(12)7-9(10)11(15)16/h3-4,7,14H,2,5-6,12H2,1H3,(H,15,16). The van der Waals surface area contributed by atoms with Gasteiger partial charge in [0.05, 0.1) is 17.1 Å². The lowest BCUT2D eigenvalue weighted by molar-refractivity contribution is 0.0692. The zero-order chi connectivity index (χ0) is 14.6. The number of carboxylic acid groups (broad SMARTS) is 1. The first-order valence-corrected chi connectivity index (χ1v) is 7.02. The lowest BCUT2D eigenvalue weighted by Crippen LogP contribution is -2.34. The summed E-state index contributed by atoms with van der Waals surface area (Å²) in [5, 5.41) is 17.9. The fraction of sp³-hybridized carbons (Fsp3) is 0.364. The average molecular weight is 288 g/mol. The number of nitrogen functional groups attached to an aromatic ring is 1. The Hall–Kier alpha value is -1.64. The lowest BCUT2D eigenvalue weighted by Gasteiger charge is -2.20. The van der Waals surface area contributed by atoms with Gasteiger partial charge in [0.1, 0.15) is 0 Å². The number of hydrogen-bond acceptors (Lipinski definition) is 5. The van der Waals surface area contributed by atoms with Crippen molar-refractivity contribution < 1.29 is 23.4 Å². The van der Waals surface area contributed by atoms with Crippen LogP contribution in [-0.4, -0.2) is 48.6 Å². The van der Waals surface area contributed by atoms with Crippen molar-refractivity contribution in [2.24, 2.45) is 0 Å². The van der Waals surface area contributed by atoms with Crippen LogP contribution in [0, 0.1) is 0 Å². The molecule has 0 aliphatic heterocycles. The summed E-state index contributed by atoms with van der Waals surface area (Å²) in [4.78, 5) is 10.8. The third-order valence-corrected chi connectivity index (χ3v) is 4.59. The van der Waals surface area contributed by atoms with Crippen molar-refractivity contribution in [1.82, 2.24) is 4.31 Å². The summed E-state index contributed by atoms with van der Waals surface area (Å²) in [6, 6.07) is 3.59. The number of rotatable bonds is 6. The zero-order valence-electron chi connectivity index (χ0n) is 10.4. The Morgan fingerprint density at radius 3 is 2.53 bits per heavy atom. The molecule has 1 rings (SSSR count). The number of aromatic carboxylic acids is 1. The van der Waals surface area contributed by atoms with Crippen LogP contribution in [0.3, 0.4) is 0 Å². The summed E-state index contributed by atoms with van der Waals surface area (Å²) in [5.41, 5.74) is 5.25. The SMILES string of the molecule is CCN(CCO)S(=O)(=O)c1ccc(N)cc1C(=O)O. The minimum Gasteiger partial charge on any atom is -0.478 e. The Morgan fingerprint density at radius 2 is 2.05 bits per heavy atom. The molecule has 4 N–H and O–H groups in total. The van der Waals surface area contributed by atoms with Crippen LogP contribution in [0.25, 0.3) is 0 Å². The van der Waals surface area contributed by atoms with E-state index in [0.717, 1.165) is 16.4 Å². The topological polar surface area (TPSA) is 121 Å². The minimum absolute atomic E-state index is 0.0950. The third kappa shape index (κ3) is 3.22. The van der Waals surface area contributed by atoms with Gasteiger partial charge in [-0.25, -0.2) is 13.2 Å². The van der Waals surface area contributed by atoms with Crippen LogP contribution in [0.2, 0.25) is 0 Å². The van der Waals surface area contributed by atoms with Gasteiger partial charge in [0.15, 0.2) is 0 Å². The molecule has 0 spiro atoms. The number of likely N-dealkylation sites (N-methyl/N-ethyl adjacent to an activating group) is 1. The predicted octanol–water partition coefficient (Wildman–Crippen LogP) is -0.0301. The summed E-state index contributed by atoms with van der Waals surface area (Å²) in [7, 11) is -3.97. The average Bonchev–Trinajstić information content (AvgIpc) is 2.35. The fourth-order valence-corrected chi connectivity index (χ4v) is 3.24. The molecule has 0 unspecified atom stereocenters. The number of aliphatic hydroxyl groups excluding tert-OH is 1. The van der Waals surface area contributed by atoms with Crippen LogP contribution in [0.1, 0.15) is 17.3 Å². The first-order valence-electron chi connectivity index (χ1n) is 5.58. The Bertz CT molecular complexity index is 570. The molecule has 0 amide bonds. The molecule has 1 aromatic carbocycles. The van der Waals surface area contributed by atoms with E-state index >= 15 is 0 Å². The molecule has 0 aromatic heterocycles. The molecule has 0 bridgehead atoms. The highest BCUT2D eigenvalue weighted by Crippen LogP contribution is 2.22. The molecule has 0 aliphatic carbocycles. The van der Waals surface area contributed by atoms with E-state index in [1.54, 1.807) is 6.92 Å². The molecule has 0 fully saturated rings. The number of aliphatic hydroxyl groups is 1. The second kappa shape index (κ2) is 6.00. The van der Waals surface area contributed by atoms with Crippen molar-refractivity contribution in [2.45, 2.75) is 11.8 Å². The number of sulfonamides is 1. The molecule has 0 saturated carbocycles. The smallest absolute Gasteiger partial charge is 0.337 e. The normalized spacial score (nSPS) is 11.7. The van der Waals surface area contributed by atoms with E-state index < -0.39 is 16.0 Å². The Morgan fingerprint density at radius 1 is 1.42 bits per heavy atom. The molecule has 0 atom stereocenters. The first-order chi connectivity index (χ1) is 8.84. The van der Waals surface area contributed by atoms with Gasteiger partial charge in [0, 0.05) is 18.8 Å². The number of anilines is 1. The highest BCUT2D eigenvalue weighted by atomic mass is 32.2. The Labute approximate surface area is 111 Å². The van der Waals surface area contributed by atoms with Gasteiger partial charge < -0.3 is 15.9 Å². The monoisotopic (exact) mass is 288 g/mol. The summed E-state index contributed by atoms with van der Waals surface area (Å²) >= 11 is 0. The van der Waals surface area contributed by atoms with E-state index in [0.29, 0.717) is 0 Å². The summed E-state index contributed by atoms with van der Waals surface area (Å²) < 4.78 is 25.6. The van der Waals surface area contributed by atoms with Gasteiger partial charge in [-0.1, -0.05) is 6.92 Å². The largest absolute Gasteiger partial charge is 0.478 e. The maximum atomic E-state index is 12.3. The number of nitrogens with zero attached hydrogens (tertiary/aromatic N) is 1. The second-order valence-electron chi connectivity index (χ2n) is 3.78. The maximum Gasteiger partial charge on any atom is 0.337 e. The van der Waals surface area contributed by atoms with Crippen LogP contribution >= 0.6 is 0 Å². The predicted molar refractivity (Wildman–Crippen MR) is 69.3 cm³/mol. The van der Waals surface area contributed by atoms with Crippen molar-refractivity contribution in [3.8, 4) is 0 Å². The Balaban J connectivity index is 3.39. The van der Waals surface area contributed by atoms with Crippen LogP contribution < -0.4 is 5.73 Å². The zero-order valence-corrected chi connectivity index (χ0v) is 11.2. The first kappa shape index (κ1) is 15.4.